The third-order valence-electron chi connectivity index (χ3n) is 1.62. The molecular formula is C8H9ClN2O4. The first kappa shape index (κ1) is 11.5. The van der Waals surface area contributed by atoms with Crippen LogP contribution >= 0.6 is 11.6 Å². The van der Waals surface area contributed by atoms with Gasteiger partial charge in [-0.25, -0.2) is 9.48 Å². The maximum absolute atomic E-state index is 11.3. The standard InChI is InChI=1S/C8H9ClN2O4/c1-11-8(13)7(9)5(3-10-11)15-4-6(12)14-2/h3H,4H2,1-2H3. The highest BCUT2D eigenvalue weighted by Crippen LogP contribution is 2.17. The number of esters is 1. The largest absolute Gasteiger partial charge is 0.478 e. The van der Waals surface area contributed by atoms with Crippen LogP contribution in [-0.4, -0.2) is 29.5 Å². The van der Waals surface area contributed by atoms with Crippen molar-refractivity contribution in [1.29, 1.82) is 0 Å². The Labute approximate surface area is 90.4 Å². The fraction of sp³-hybridized carbons (Fsp3) is 0.375. The lowest BCUT2D eigenvalue weighted by atomic mass is 10.5. The molecule has 1 aromatic heterocycles. The second-order valence-electron chi connectivity index (χ2n) is 2.62. The summed E-state index contributed by atoms with van der Waals surface area (Å²) >= 11 is 5.67. The number of halogens is 1. The number of aryl methyl sites for hydroxylation is 1. The highest BCUT2D eigenvalue weighted by Gasteiger charge is 2.10. The summed E-state index contributed by atoms with van der Waals surface area (Å²) in [4.78, 5) is 22.0. The molecule has 0 aliphatic heterocycles. The fourth-order valence-corrected chi connectivity index (χ4v) is 1.02. The molecule has 0 spiro atoms. The van der Waals surface area contributed by atoms with Crippen molar-refractivity contribution >= 4 is 17.6 Å². The van der Waals surface area contributed by atoms with E-state index in [0.717, 1.165) is 4.68 Å². The summed E-state index contributed by atoms with van der Waals surface area (Å²) in [6.07, 6.45) is 1.26. The van der Waals surface area contributed by atoms with Crippen LogP contribution in [0.5, 0.6) is 5.75 Å². The van der Waals surface area contributed by atoms with Gasteiger partial charge in [0.25, 0.3) is 5.56 Å². The van der Waals surface area contributed by atoms with E-state index in [1.807, 2.05) is 0 Å². The molecule has 0 aromatic carbocycles. The molecule has 1 aromatic rings. The topological polar surface area (TPSA) is 70.4 Å². The summed E-state index contributed by atoms with van der Waals surface area (Å²) in [6.45, 7) is -0.314. The number of ether oxygens (including phenoxy) is 2. The lowest BCUT2D eigenvalue weighted by Crippen LogP contribution is -2.21. The summed E-state index contributed by atoms with van der Waals surface area (Å²) in [6, 6.07) is 0. The zero-order valence-electron chi connectivity index (χ0n) is 8.19. The van der Waals surface area contributed by atoms with Gasteiger partial charge in [-0.2, -0.15) is 5.10 Å². The van der Waals surface area contributed by atoms with Crippen LogP contribution in [-0.2, 0) is 16.6 Å². The van der Waals surface area contributed by atoms with Crippen molar-refractivity contribution in [2.75, 3.05) is 13.7 Å². The van der Waals surface area contributed by atoms with Gasteiger partial charge in [-0.05, 0) is 0 Å². The van der Waals surface area contributed by atoms with Crippen molar-refractivity contribution in [3.05, 3.63) is 21.6 Å². The van der Waals surface area contributed by atoms with Gasteiger partial charge in [0.15, 0.2) is 17.4 Å². The van der Waals surface area contributed by atoms with Gasteiger partial charge in [0.1, 0.15) is 0 Å². The van der Waals surface area contributed by atoms with Gasteiger partial charge >= 0.3 is 5.97 Å². The van der Waals surface area contributed by atoms with E-state index in [9.17, 15) is 9.59 Å². The Morgan fingerprint density at radius 3 is 2.93 bits per heavy atom. The van der Waals surface area contributed by atoms with E-state index in [1.54, 1.807) is 0 Å². The number of nitrogens with zero attached hydrogens (tertiary/aromatic N) is 2. The van der Waals surface area contributed by atoms with Crippen LogP contribution in [0.15, 0.2) is 11.0 Å². The van der Waals surface area contributed by atoms with E-state index in [4.69, 9.17) is 16.3 Å². The number of hydrogen-bond donors (Lipinski definition) is 0. The normalized spacial score (nSPS) is 9.80. The number of carbonyl (C=O) groups is 1. The minimum absolute atomic E-state index is 0.0603. The molecule has 1 heterocycles. The number of carbonyl (C=O) groups excluding carboxylic acids is 1. The minimum atomic E-state index is -0.563. The minimum Gasteiger partial charge on any atom is -0.478 e. The maximum atomic E-state index is 11.3. The Hall–Kier alpha value is -1.56. The molecule has 0 N–H and O–H groups in total. The molecule has 1 rings (SSSR count). The zero-order valence-corrected chi connectivity index (χ0v) is 8.95. The van der Waals surface area contributed by atoms with E-state index in [-0.39, 0.29) is 17.4 Å². The van der Waals surface area contributed by atoms with Crippen molar-refractivity contribution < 1.29 is 14.3 Å². The Morgan fingerprint density at radius 1 is 1.67 bits per heavy atom. The lowest BCUT2D eigenvalue weighted by molar-refractivity contribution is -0.142. The number of methoxy groups -OCH3 is 1. The molecular weight excluding hydrogens is 224 g/mol. The number of aromatic nitrogens is 2. The molecule has 0 aliphatic rings. The van der Waals surface area contributed by atoms with Crippen LogP contribution in [0.1, 0.15) is 0 Å². The van der Waals surface area contributed by atoms with Crippen LogP contribution in [0.25, 0.3) is 0 Å². The van der Waals surface area contributed by atoms with Crippen molar-refractivity contribution in [2.24, 2.45) is 7.05 Å². The summed E-state index contributed by atoms with van der Waals surface area (Å²) in [5.41, 5.74) is -0.487. The monoisotopic (exact) mass is 232 g/mol. The smallest absolute Gasteiger partial charge is 0.343 e. The summed E-state index contributed by atoms with van der Waals surface area (Å²) in [5, 5.41) is 3.57. The second-order valence-corrected chi connectivity index (χ2v) is 2.99. The van der Waals surface area contributed by atoms with Crippen molar-refractivity contribution in [3.8, 4) is 5.75 Å². The van der Waals surface area contributed by atoms with Crippen LogP contribution in [0.3, 0.4) is 0 Å². The first-order valence-corrected chi connectivity index (χ1v) is 4.35. The number of rotatable bonds is 3. The molecule has 0 radical (unpaired) electrons. The Bertz CT molecular complexity index is 429. The molecule has 0 aliphatic carbocycles. The van der Waals surface area contributed by atoms with Crippen LogP contribution in [0.2, 0.25) is 5.02 Å². The molecule has 0 saturated heterocycles. The zero-order chi connectivity index (χ0) is 11.4. The first-order valence-electron chi connectivity index (χ1n) is 3.97. The van der Waals surface area contributed by atoms with Crippen molar-refractivity contribution in [3.63, 3.8) is 0 Å². The SMILES string of the molecule is COC(=O)COc1cnn(C)c(=O)c1Cl. The van der Waals surface area contributed by atoms with E-state index < -0.39 is 11.5 Å². The lowest BCUT2D eigenvalue weighted by Gasteiger charge is -2.06. The van der Waals surface area contributed by atoms with Gasteiger partial charge in [-0.3, -0.25) is 4.79 Å². The molecule has 0 atom stereocenters. The van der Waals surface area contributed by atoms with Crippen molar-refractivity contribution in [1.82, 2.24) is 9.78 Å². The molecule has 0 amide bonds. The van der Waals surface area contributed by atoms with Crippen LogP contribution in [0, 0.1) is 0 Å². The average molecular weight is 233 g/mol. The van der Waals surface area contributed by atoms with Gasteiger partial charge in [-0.15, -0.1) is 0 Å². The van der Waals surface area contributed by atoms with Crippen LogP contribution in [0.4, 0.5) is 0 Å². The van der Waals surface area contributed by atoms with E-state index in [2.05, 4.69) is 9.84 Å². The molecule has 7 heteroatoms. The van der Waals surface area contributed by atoms with Gasteiger partial charge in [0.05, 0.1) is 13.3 Å². The van der Waals surface area contributed by atoms with Crippen molar-refractivity contribution in [2.45, 2.75) is 0 Å². The van der Waals surface area contributed by atoms with E-state index >= 15 is 0 Å². The predicted octanol–water partition coefficient (Wildman–Crippen LogP) is -0.0145. The Kier molecular flexibility index (Phi) is 3.68. The van der Waals surface area contributed by atoms with E-state index in [0.29, 0.717) is 0 Å². The quantitative estimate of drug-likeness (QED) is 0.686. The second kappa shape index (κ2) is 4.79. The molecule has 0 saturated carbocycles. The number of hydrogen-bond acceptors (Lipinski definition) is 5. The summed E-state index contributed by atoms with van der Waals surface area (Å²) in [5.74, 6) is -0.503. The van der Waals surface area contributed by atoms with E-state index in [1.165, 1.54) is 20.4 Å². The highest BCUT2D eigenvalue weighted by molar-refractivity contribution is 6.31. The Balaban J connectivity index is 2.83. The molecule has 15 heavy (non-hydrogen) atoms. The average Bonchev–Trinajstić information content (AvgIpc) is 2.24. The van der Waals surface area contributed by atoms with Gasteiger partial charge in [-0.1, -0.05) is 11.6 Å². The molecule has 0 unspecified atom stereocenters. The van der Waals surface area contributed by atoms with Gasteiger partial charge in [0.2, 0.25) is 0 Å². The third-order valence-corrected chi connectivity index (χ3v) is 1.97. The molecule has 6 nitrogen and oxygen atoms in total. The fourth-order valence-electron chi connectivity index (χ4n) is 0.792. The Morgan fingerprint density at radius 2 is 2.33 bits per heavy atom. The predicted molar refractivity (Wildman–Crippen MR) is 52.0 cm³/mol. The molecule has 0 fully saturated rings. The van der Waals surface area contributed by atoms with Crippen LogP contribution < -0.4 is 10.3 Å². The van der Waals surface area contributed by atoms with Gasteiger partial charge < -0.3 is 9.47 Å². The maximum Gasteiger partial charge on any atom is 0.343 e. The third kappa shape index (κ3) is 2.69. The highest BCUT2D eigenvalue weighted by atomic mass is 35.5. The molecule has 0 bridgehead atoms. The molecule has 82 valence electrons. The first-order chi connectivity index (χ1) is 7.06. The summed E-state index contributed by atoms with van der Waals surface area (Å²) < 4.78 is 10.4. The summed E-state index contributed by atoms with van der Waals surface area (Å²) in [7, 11) is 2.69. The van der Waals surface area contributed by atoms with Gasteiger partial charge in [0, 0.05) is 7.05 Å².